The molecule has 0 atom stereocenters. The number of amides is 2. The van der Waals surface area contributed by atoms with Crippen LogP contribution >= 0.6 is 23.4 Å². The first kappa shape index (κ1) is 32.2. The zero-order valence-corrected chi connectivity index (χ0v) is 23.1. The number of allylic oxidation sites excluding steroid dienone is 2. The summed E-state index contributed by atoms with van der Waals surface area (Å²) in [6.07, 6.45) is 2.11. The fraction of sp³-hybridized carbons (Fsp3) is 0.333. The van der Waals surface area contributed by atoms with Crippen molar-refractivity contribution in [3.05, 3.63) is 84.3 Å². The summed E-state index contributed by atoms with van der Waals surface area (Å²) in [4.78, 5) is 18.9. The number of nitrogens with zero attached hydrogens (tertiary/aromatic N) is 3. The Kier molecular flexibility index (Phi) is 12.3. The minimum Gasteiger partial charge on any atom is -0.499 e. The van der Waals surface area contributed by atoms with Crippen LogP contribution in [-0.4, -0.2) is 35.4 Å². The number of benzene rings is 1. The number of aromatic nitrogens is 1. The number of nitrogens with two attached hydrogens (primary N) is 1. The van der Waals surface area contributed by atoms with Gasteiger partial charge in [0.05, 0.1) is 28.8 Å². The zero-order valence-electron chi connectivity index (χ0n) is 21.6. The average Bonchev–Trinajstić information content (AvgIpc) is 2.87. The van der Waals surface area contributed by atoms with Gasteiger partial charge in [-0.2, -0.15) is 13.2 Å². The summed E-state index contributed by atoms with van der Waals surface area (Å²) < 4.78 is 59.3. The third-order valence-electron chi connectivity index (χ3n) is 5.31. The summed E-state index contributed by atoms with van der Waals surface area (Å²) in [5.74, 6) is 5.03. The van der Waals surface area contributed by atoms with Crippen molar-refractivity contribution in [2.24, 2.45) is 5.84 Å². The van der Waals surface area contributed by atoms with Crippen LogP contribution in [0.1, 0.15) is 38.3 Å². The van der Waals surface area contributed by atoms with Crippen molar-refractivity contribution in [3.8, 4) is 0 Å². The number of ether oxygens (including phenoxy) is 1. The van der Waals surface area contributed by atoms with E-state index in [4.69, 9.17) is 22.2 Å². The van der Waals surface area contributed by atoms with Crippen LogP contribution in [0.25, 0.3) is 0 Å². The van der Waals surface area contributed by atoms with Crippen LogP contribution < -0.4 is 10.7 Å². The third-order valence-corrected chi connectivity index (χ3v) is 6.89. The number of unbranched alkanes of at least 4 members (excludes halogenated alkanes) is 2. The Morgan fingerprint density at radius 1 is 1.26 bits per heavy atom. The molecule has 39 heavy (non-hydrogen) atoms. The number of carbonyl (C=O) groups is 1. The molecule has 0 fully saturated rings. The van der Waals surface area contributed by atoms with Gasteiger partial charge in [-0.3, -0.25) is 14.9 Å². The predicted molar refractivity (Wildman–Crippen MR) is 147 cm³/mol. The van der Waals surface area contributed by atoms with Gasteiger partial charge < -0.3 is 4.74 Å². The molecule has 0 spiro atoms. The van der Waals surface area contributed by atoms with Crippen LogP contribution in [0.5, 0.6) is 0 Å². The molecule has 212 valence electrons. The standard InChI is InChI=1S/C27H31ClF4N4O2S/c1-5-7-8-14-38-19(4)11-12-22-24(10-9-13-34-22)39-25-16-23(21(29)15-20(25)28)36(18(3)6-2)26(37)35(33)17-27(30,31)32/h6,9-10,13,15-16H,2-5,7-8,11-12,14,17,33H2,1H3. The smallest absolute Gasteiger partial charge is 0.407 e. The van der Waals surface area contributed by atoms with E-state index in [1.54, 1.807) is 18.3 Å². The Bertz CT molecular complexity index is 1190. The second-order valence-corrected chi connectivity index (χ2v) is 9.93. The fourth-order valence-electron chi connectivity index (χ4n) is 3.35. The summed E-state index contributed by atoms with van der Waals surface area (Å²) in [6, 6.07) is 4.37. The molecule has 1 aromatic carbocycles. The van der Waals surface area contributed by atoms with Crippen molar-refractivity contribution in [2.45, 2.75) is 55.0 Å². The monoisotopic (exact) mass is 586 g/mol. The van der Waals surface area contributed by atoms with Gasteiger partial charge in [-0.15, -0.1) is 0 Å². The van der Waals surface area contributed by atoms with E-state index in [-0.39, 0.29) is 15.7 Å². The Morgan fingerprint density at radius 3 is 2.62 bits per heavy atom. The molecule has 2 rings (SSSR count). The number of halogens is 5. The number of anilines is 1. The second kappa shape index (κ2) is 14.9. The highest BCUT2D eigenvalue weighted by molar-refractivity contribution is 7.99. The zero-order chi connectivity index (χ0) is 29.2. The summed E-state index contributed by atoms with van der Waals surface area (Å²) >= 11 is 7.47. The largest absolute Gasteiger partial charge is 0.499 e. The molecular weight excluding hydrogens is 556 g/mol. The fourth-order valence-corrected chi connectivity index (χ4v) is 4.60. The second-order valence-electron chi connectivity index (χ2n) is 8.44. The molecule has 12 heteroatoms. The Labute approximate surface area is 235 Å². The summed E-state index contributed by atoms with van der Waals surface area (Å²) in [5, 5.41) is -0.0531. The van der Waals surface area contributed by atoms with E-state index < -0.39 is 30.3 Å². The maximum absolute atomic E-state index is 15.0. The average molecular weight is 587 g/mol. The number of pyridine rings is 1. The minimum absolute atomic E-state index is 0.0243. The molecule has 0 bridgehead atoms. The number of hydrogen-bond acceptors (Lipinski definition) is 5. The number of urea groups is 1. The lowest BCUT2D eigenvalue weighted by atomic mass is 10.2. The van der Waals surface area contributed by atoms with Crippen molar-refractivity contribution < 1.29 is 27.1 Å². The molecule has 0 saturated carbocycles. The molecule has 0 aliphatic rings. The topological polar surface area (TPSA) is 71.7 Å². The summed E-state index contributed by atoms with van der Waals surface area (Å²) in [5.41, 5.74) is 0.132. The molecule has 0 aliphatic carbocycles. The molecule has 0 radical (unpaired) electrons. The van der Waals surface area contributed by atoms with Gasteiger partial charge in [-0.1, -0.05) is 62.9 Å². The molecule has 2 N–H and O–H groups in total. The van der Waals surface area contributed by atoms with Gasteiger partial charge in [-0.25, -0.2) is 15.0 Å². The van der Waals surface area contributed by atoms with Crippen LogP contribution in [0, 0.1) is 5.82 Å². The molecular formula is C27H31ClF4N4O2S. The van der Waals surface area contributed by atoms with Crippen LogP contribution in [0.15, 0.2) is 77.5 Å². The highest BCUT2D eigenvalue weighted by atomic mass is 35.5. The number of hydrogen-bond donors (Lipinski definition) is 1. The number of carbonyl (C=O) groups excluding carboxylic acids is 1. The molecule has 0 aliphatic heterocycles. The molecule has 2 amide bonds. The minimum atomic E-state index is -4.77. The molecule has 1 aromatic heterocycles. The number of alkyl halides is 3. The van der Waals surface area contributed by atoms with Crippen molar-refractivity contribution >= 4 is 35.1 Å². The van der Waals surface area contributed by atoms with Gasteiger partial charge in [0.15, 0.2) is 0 Å². The van der Waals surface area contributed by atoms with Gasteiger partial charge in [0.25, 0.3) is 0 Å². The Hall–Kier alpha value is -3.02. The maximum atomic E-state index is 15.0. The van der Waals surface area contributed by atoms with Crippen molar-refractivity contribution in [2.75, 3.05) is 18.1 Å². The van der Waals surface area contributed by atoms with Gasteiger partial charge in [0.1, 0.15) is 12.4 Å². The van der Waals surface area contributed by atoms with E-state index in [0.29, 0.717) is 45.6 Å². The first-order valence-electron chi connectivity index (χ1n) is 12.0. The number of aryl methyl sites for hydroxylation is 1. The number of hydrazine groups is 1. The van der Waals surface area contributed by atoms with E-state index in [2.05, 4.69) is 31.6 Å². The van der Waals surface area contributed by atoms with Crippen molar-refractivity contribution in [1.29, 1.82) is 0 Å². The van der Waals surface area contributed by atoms with Gasteiger partial charge in [0, 0.05) is 28.1 Å². The predicted octanol–water partition coefficient (Wildman–Crippen LogP) is 8.04. The molecule has 6 nitrogen and oxygen atoms in total. The van der Waals surface area contributed by atoms with Crippen LogP contribution in [-0.2, 0) is 11.2 Å². The SMILES string of the molecule is C=CC(=C)N(C(=O)N(N)CC(F)(F)F)c1cc(Sc2cccnc2CCC(=C)OCCCCC)c(Cl)cc1F. The Balaban J connectivity index is 2.32. The molecule has 0 unspecified atom stereocenters. The van der Waals surface area contributed by atoms with Crippen molar-refractivity contribution in [1.82, 2.24) is 9.99 Å². The lowest BCUT2D eigenvalue weighted by molar-refractivity contribution is -0.140. The third kappa shape index (κ3) is 9.90. The first-order valence-corrected chi connectivity index (χ1v) is 13.2. The quantitative estimate of drug-likeness (QED) is 0.0461. The van der Waals surface area contributed by atoms with Crippen molar-refractivity contribution in [3.63, 3.8) is 0 Å². The van der Waals surface area contributed by atoms with Gasteiger partial charge in [-0.05, 0) is 43.2 Å². The van der Waals surface area contributed by atoms with Gasteiger partial charge >= 0.3 is 12.2 Å². The number of rotatable bonds is 14. The van der Waals surface area contributed by atoms with Gasteiger partial charge in [0.2, 0.25) is 0 Å². The first-order chi connectivity index (χ1) is 18.4. The van der Waals surface area contributed by atoms with E-state index >= 15 is 4.39 Å². The van der Waals surface area contributed by atoms with E-state index in [0.717, 1.165) is 43.2 Å². The lowest BCUT2D eigenvalue weighted by Gasteiger charge is -2.29. The highest BCUT2D eigenvalue weighted by Gasteiger charge is 2.35. The molecule has 1 heterocycles. The van der Waals surface area contributed by atoms with Crippen LogP contribution in [0.4, 0.5) is 28.0 Å². The molecule has 2 aromatic rings. The normalized spacial score (nSPS) is 11.2. The lowest BCUT2D eigenvalue weighted by Crippen LogP contribution is -2.50. The summed E-state index contributed by atoms with van der Waals surface area (Å²) in [6.45, 7) is 12.0. The maximum Gasteiger partial charge on any atom is 0.407 e. The molecule has 0 saturated heterocycles. The Morgan fingerprint density at radius 2 is 1.97 bits per heavy atom. The van der Waals surface area contributed by atoms with Crippen LogP contribution in [0.3, 0.4) is 0 Å². The summed E-state index contributed by atoms with van der Waals surface area (Å²) in [7, 11) is 0. The van der Waals surface area contributed by atoms with E-state index in [1.807, 2.05) is 0 Å². The van der Waals surface area contributed by atoms with E-state index in [9.17, 15) is 18.0 Å². The highest BCUT2D eigenvalue weighted by Crippen LogP contribution is 2.39. The van der Waals surface area contributed by atoms with E-state index in [1.165, 1.54) is 6.07 Å². The van der Waals surface area contributed by atoms with Crippen LogP contribution in [0.2, 0.25) is 5.02 Å².